The molecule has 6 heteroatoms. The van der Waals surface area contributed by atoms with Gasteiger partial charge in [0, 0.05) is 18.7 Å². The lowest BCUT2D eigenvalue weighted by atomic mass is 10.0. The predicted octanol–water partition coefficient (Wildman–Crippen LogP) is 2.23. The third-order valence-corrected chi connectivity index (χ3v) is 3.79. The number of nitrogens with one attached hydrogen (secondary N) is 1. The fraction of sp³-hybridized carbons (Fsp3) is 0.467. The van der Waals surface area contributed by atoms with E-state index < -0.39 is 5.54 Å². The van der Waals surface area contributed by atoms with E-state index in [1.165, 1.54) is 12.0 Å². The molecule has 1 aromatic rings. The van der Waals surface area contributed by atoms with Gasteiger partial charge in [-0.3, -0.25) is 9.69 Å². The zero-order chi connectivity index (χ0) is 15.5. The summed E-state index contributed by atoms with van der Waals surface area (Å²) in [6.07, 6.45) is 1.50. The summed E-state index contributed by atoms with van der Waals surface area (Å²) in [7, 11) is 1.51. The molecule has 0 aliphatic carbocycles. The van der Waals surface area contributed by atoms with Crippen molar-refractivity contribution in [3.05, 3.63) is 34.9 Å². The summed E-state index contributed by atoms with van der Waals surface area (Å²) in [6, 6.07) is 7.21. The highest BCUT2D eigenvalue weighted by molar-refractivity contribution is 6.30. The van der Waals surface area contributed by atoms with Crippen LogP contribution >= 0.6 is 11.6 Å². The number of aryl methyl sites for hydroxylation is 1. The molecular weight excluding hydrogens is 292 g/mol. The largest absolute Gasteiger partial charge is 0.382 e. The lowest BCUT2D eigenvalue weighted by Crippen LogP contribution is -2.47. The van der Waals surface area contributed by atoms with E-state index in [1.807, 2.05) is 24.3 Å². The Morgan fingerprint density at radius 2 is 1.95 bits per heavy atom. The number of rotatable bonds is 6. The van der Waals surface area contributed by atoms with Gasteiger partial charge >= 0.3 is 6.03 Å². The van der Waals surface area contributed by atoms with Crippen molar-refractivity contribution in [1.29, 1.82) is 0 Å². The third-order valence-electron chi connectivity index (χ3n) is 3.54. The van der Waals surface area contributed by atoms with Gasteiger partial charge in [-0.1, -0.05) is 23.7 Å². The summed E-state index contributed by atoms with van der Waals surface area (Å²) in [5, 5.41) is 3.38. The molecule has 1 heterocycles. The van der Waals surface area contributed by atoms with Crippen LogP contribution < -0.4 is 5.32 Å². The van der Waals surface area contributed by atoms with Gasteiger partial charge in [-0.15, -0.1) is 0 Å². The van der Waals surface area contributed by atoms with Crippen molar-refractivity contribution in [3.63, 3.8) is 0 Å². The first-order valence-corrected chi connectivity index (χ1v) is 7.21. The third kappa shape index (κ3) is 3.54. The number of amides is 3. The zero-order valence-corrected chi connectivity index (χ0v) is 12.9. The lowest BCUT2D eigenvalue weighted by molar-refractivity contribution is -0.132. The number of methoxy groups -OCH3 is 1. The number of ether oxygens (including phenoxy) is 1. The molecule has 0 spiro atoms. The topological polar surface area (TPSA) is 58.6 Å². The van der Waals surface area contributed by atoms with Crippen LogP contribution in [0.5, 0.6) is 0 Å². The minimum Gasteiger partial charge on any atom is -0.382 e. The number of carbonyl (C=O) groups excluding carboxylic acids is 2. The predicted molar refractivity (Wildman–Crippen MR) is 80.3 cm³/mol. The summed E-state index contributed by atoms with van der Waals surface area (Å²) in [5.74, 6) is -0.231. The maximum absolute atomic E-state index is 12.3. The number of carbonyl (C=O) groups is 2. The smallest absolute Gasteiger partial charge is 0.325 e. The summed E-state index contributed by atoms with van der Waals surface area (Å²) in [4.78, 5) is 25.4. The monoisotopic (exact) mass is 310 g/mol. The van der Waals surface area contributed by atoms with E-state index in [0.717, 1.165) is 12.0 Å². The second-order valence-corrected chi connectivity index (χ2v) is 5.82. The number of imide groups is 1. The molecule has 1 atom stereocenters. The average Bonchev–Trinajstić information content (AvgIpc) is 2.64. The second kappa shape index (κ2) is 6.45. The molecule has 5 nitrogen and oxygen atoms in total. The lowest BCUT2D eigenvalue weighted by Gasteiger charge is -2.20. The standard InChI is InChI=1S/C15H19ClN2O3/c1-15(10-21-2)13(19)18(14(20)17-15)9-3-4-11-5-7-12(16)8-6-11/h5-8H,3-4,9-10H2,1-2H3,(H,17,20)/t15-/m0/s1. The van der Waals surface area contributed by atoms with Crippen LogP contribution in [0.1, 0.15) is 18.9 Å². The van der Waals surface area contributed by atoms with Gasteiger partial charge in [-0.25, -0.2) is 4.79 Å². The molecule has 1 aromatic carbocycles. The molecule has 1 saturated heterocycles. The van der Waals surface area contributed by atoms with Crippen LogP contribution in [-0.2, 0) is 16.0 Å². The molecule has 0 unspecified atom stereocenters. The first kappa shape index (κ1) is 15.8. The van der Waals surface area contributed by atoms with Crippen LogP contribution in [0.2, 0.25) is 5.02 Å². The Balaban J connectivity index is 1.90. The van der Waals surface area contributed by atoms with E-state index in [9.17, 15) is 9.59 Å². The van der Waals surface area contributed by atoms with Gasteiger partial charge < -0.3 is 10.1 Å². The number of hydrogen-bond acceptors (Lipinski definition) is 3. The molecule has 1 N–H and O–H groups in total. The van der Waals surface area contributed by atoms with E-state index in [2.05, 4.69) is 5.32 Å². The van der Waals surface area contributed by atoms with E-state index in [4.69, 9.17) is 16.3 Å². The van der Waals surface area contributed by atoms with Crippen molar-refractivity contribution in [2.45, 2.75) is 25.3 Å². The highest BCUT2D eigenvalue weighted by atomic mass is 35.5. The van der Waals surface area contributed by atoms with Crippen molar-refractivity contribution in [1.82, 2.24) is 10.2 Å². The van der Waals surface area contributed by atoms with Crippen LogP contribution in [0.4, 0.5) is 4.79 Å². The fourth-order valence-electron chi connectivity index (χ4n) is 2.43. The maximum Gasteiger partial charge on any atom is 0.325 e. The Morgan fingerprint density at radius 1 is 1.29 bits per heavy atom. The quantitative estimate of drug-likeness (QED) is 0.820. The van der Waals surface area contributed by atoms with Gasteiger partial charge in [0.2, 0.25) is 0 Å². The Hall–Kier alpha value is -1.59. The van der Waals surface area contributed by atoms with Crippen LogP contribution in [0.3, 0.4) is 0 Å². The molecule has 1 aliphatic heterocycles. The number of urea groups is 1. The Labute approximate surface area is 129 Å². The van der Waals surface area contributed by atoms with Crippen molar-refractivity contribution >= 4 is 23.5 Å². The van der Waals surface area contributed by atoms with E-state index >= 15 is 0 Å². The van der Waals surface area contributed by atoms with Gasteiger partial charge in [0.1, 0.15) is 5.54 Å². The van der Waals surface area contributed by atoms with Crippen molar-refractivity contribution in [2.75, 3.05) is 20.3 Å². The molecular formula is C15H19ClN2O3. The summed E-state index contributed by atoms with van der Waals surface area (Å²) >= 11 is 5.83. The summed E-state index contributed by atoms with van der Waals surface area (Å²) < 4.78 is 5.01. The van der Waals surface area contributed by atoms with Crippen LogP contribution in [-0.4, -0.2) is 42.6 Å². The Kier molecular flexibility index (Phi) is 4.85. The van der Waals surface area contributed by atoms with Crippen LogP contribution in [0.15, 0.2) is 24.3 Å². The molecule has 21 heavy (non-hydrogen) atoms. The SMILES string of the molecule is COC[C@]1(C)NC(=O)N(CCCc2ccc(Cl)cc2)C1=O. The minimum atomic E-state index is -0.952. The van der Waals surface area contributed by atoms with E-state index in [-0.39, 0.29) is 18.5 Å². The molecule has 0 bridgehead atoms. The fourth-order valence-corrected chi connectivity index (χ4v) is 2.55. The second-order valence-electron chi connectivity index (χ2n) is 5.38. The molecule has 2 rings (SSSR count). The Morgan fingerprint density at radius 3 is 2.57 bits per heavy atom. The van der Waals surface area contributed by atoms with E-state index in [0.29, 0.717) is 18.0 Å². The summed E-state index contributed by atoms with van der Waals surface area (Å²) in [6.45, 7) is 2.24. The maximum atomic E-state index is 12.3. The molecule has 0 aromatic heterocycles. The first-order chi connectivity index (χ1) is 9.96. The molecule has 0 radical (unpaired) electrons. The molecule has 3 amide bonds. The van der Waals surface area contributed by atoms with Gasteiger partial charge in [-0.05, 0) is 37.5 Å². The van der Waals surface area contributed by atoms with Crippen LogP contribution in [0, 0.1) is 0 Å². The Bertz CT molecular complexity index is 532. The number of nitrogens with zero attached hydrogens (tertiary/aromatic N) is 1. The van der Waals surface area contributed by atoms with Crippen molar-refractivity contribution in [2.24, 2.45) is 0 Å². The summed E-state index contributed by atoms with van der Waals surface area (Å²) in [5.41, 5.74) is 0.178. The molecule has 114 valence electrons. The van der Waals surface area contributed by atoms with Gasteiger partial charge in [0.15, 0.2) is 0 Å². The molecule has 1 fully saturated rings. The van der Waals surface area contributed by atoms with Crippen LogP contribution in [0.25, 0.3) is 0 Å². The van der Waals surface area contributed by atoms with E-state index in [1.54, 1.807) is 6.92 Å². The van der Waals surface area contributed by atoms with Gasteiger partial charge in [0.25, 0.3) is 5.91 Å². The molecule has 1 aliphatic rings. The molecule has 0 saturated carbocycles. The highest BCUT2D eigenvalue weighted by Gasteiger charge is 2.47. The average molecular weight is 311 g/mol. The minimum absolute atomic E-state index is 0.172. The first-order valence-electron chi connectivity index (χ1n) is 6.84. The van der Waals surface area contributed by atoms with Gasteiger partial charge in [-0.2, -0.15) is 0 Å². The van der Waals surface area contributed by atoms with Crippen molar-refractivity contribution < 1.29 is 14.3 Å². The number of halogens is 1. The highest BCUT2D eigenvalue weighted by Crippen LogP contribution is 2.19. The normalized spacial score (nSPS) is 21.8. The number of benzene rings is 1. The zero-order valence-electron chi connectivity index (χ0n) is 12.2. The van der Waals surface area contributed by atoms with Gasteiger partial charge in [0.05, 0.1) is 6.61 Å². The van der Waals surface area contributed by atoms with Crippen molar-refractivity contribution in [3.8, 4) is 0 Å². The number of hydrogen-bond donors (Lipinski definition) is 1.